The van der Waals surface area contributed by atoms with Gasteiger partial charge in [0.2, 0.25) is 0 Å². The van der Waals surface area contributed by atoms with Gasteiger partial charge in [0.25, 0.3) is 0 Å². The third-order valence-electron chi connectivity index (χ3n) is 3.38. The van der Waals surface area contributed by atoms with E-state index in [1.807, 2.05) is 0 Å². The zero-order valence-electron chi connectivity index (χ0n) is 12.7. The summed E-state index contributed by atoms with van der Waals surface area (Å²) in [4.78, 5) is 1.51. The Morgan fingerprint density at radius 3 is 2.70 bits per heavy atom. The van der Waals surface area contributed by atoms with Crippen LogP contribution in [0.5, 0.6) is 0 Å². The van der Waals surface area contributed by atoms with Crippen LogP contribution in [0.25, 0.3) is 0 Å². The summed E-state index contributed by atoms with van der Waals surface area (Å²) in [6.07, 6.45) is 1.87. The van der Waals surface area contributed by atoms with E-state index in [4.69, 9.17) is 0 Å². The first-order chi connectivity index (χ1) is 9.60. The van der Waals surface area contributed by atoms with Gasteiger partial charge in [-0.2, -0.15) is 4.80 Å². The Hall–Kier alpha value is -1.75. The zero-order chi connectivity index (χ0) is 14.5. The predicted molar refractivity (Wildman–Crippen MR) is 79.5 cm³/mol. The van der Waals surface area contributed by atoms with Crippen LogP contribution in [-0.2, 0) is 13.5 Å². The minimum atomic E-state index is 0.236. The summed E-state index contributed by atoms with van der Waals surface area (Å²) in [6.45, 7) is 7.44. The summed E-state index contributed by atoms with van der Waals surface area (Å²) in [7, 11) is 1.79. The molecule has 0 saturated carbocycles. The monoisotopic (exact) mass is 273 g/mol. The van der Waals surface area contributed by atoms with E-state index in [1.165, 1.54) is 21.5 Å². The van der Waals surface area contributed by atoms with Crippen molar-refractivity contribution < 1.29 is 0 Å². The van der Waals surface area contributed by atoms with Crippen LogP contribution in [0.4, 0.5) is 0 Å². The number of hydrogen-bond donors (Lipinski definition) is 1. The molecule has 108 valence electrons. The highest BCUT2D eigenvalue weighted by atomic mass is 15.6. The minimum absolute atomic E-state index is 0.236. The fourth-order valence-electron chi connectivity index (χ4n) is 2.41. The summed E-state index contributed by atoms with van der Waals surface area (Å²) in [5.74, 6) is 0.779. The van der Waals surface area contributed by atoms with Crippen molar-refractivity contribution in [2.45, 2.75) is 39.7 Å². The van der Waals surface area contributed by atoms with E-state index in [9.17, 15) is 0 Å². The molecule has 1 heterocycles. The molecule has 5 heteroatoms. The Labute approximate surface area is 120 Å². The molecule has 1 aromatic heterocycles. The van der Waals surface area contributed by atoms with Crippen molar-refractivity contribution in [3.05, 3.63) is 40.7 Å². The average molecular weight is 273 g/mol. The van der Waals surface area contributed by atoms with Crippen LogP contribution in [-0.4, -0.2) is 26.8 Å². The number of hydrogen-bond acceptors (Lipinski definition) is 4. The number of benzene rings is 1. The van der Waals surface area contributed by atoms with Crippen LogP contribution < -0.4 is 5.32 Å². The van der Waals surface area contributed by atoms with E-state index in [2.05, 4.69) is 59.7 Å². The zero-order valence-corrected chi connectivity index (χ0v) is 12.7. The van der Waals surface area contributed by atoms with Gasteiger partial charge in [0.15, 0.2) is 5.82 Å². The maximum Gasteiger partial charge on any atom is 0.176 e. The molecule has 0 fully saturated rings. The van der Waals surface area contributed by atoms with Gasteiger partial charge in [-0.1, -0.05) is 30.7 Å². The predicted octanol–water partition coefficient (Wildman–Crippen LogP) is 2.11. The van der Waals surface area contributed by atoms with E-state index < -0.39 is 0 Å². The van der Waals surface area contributed by atoms with Gasteiger partial charge in [0.05, 0.1) is 7.05 Å². The van der Waals surface area contributed by atoms with Crippen molar-refractivity contribution in [2.75, 3.05) is 6.54 Å². The number of aryl methyl sites for hydroxylation is 3. The van der Waals surface area contributed by atoms with Crippen LogP contribution >= 0.6 is 0 Å². The van der Waals surface area contributed by atoms with Crippen LogP contribution in [0.3, 0.4) is 0 Å². The molecule has 2 aromatic rings. The van der Waals surface area contributed by atoms with Gasteiger partial charge in [-0.25, -0.2) is 0 Å². The van der Waals surface area contributed by atoms with Crippen molar-refractivity contribution in [1.82, 2.24) is 25.5 Å². The number of rotatable bonds is 6. The summed E-state index contributed by atoms with van der Waals surface area (Å²) in [5, 5.41) is 15.9. The minimum Gasteiger partial charge on any atom is -0.310 e. The smallest absolute Gasteiger partial charge is 0.176 e. The second-order valence-corrected chi connectivity index (χ2v) is 5.27. The number of nitrogens with one attached hydrogen (secondary N) is 1. The van der Waals surface area contributed by atoms with Gasteiger partial charge >= 0.3 is 0 Å². The standard InChI is InChI=1S/C15H23N5/c1-5-8-16-14(10-15-17-19-20(4)18-15)13-7-6-11(2)9-12(13)3/h6-7,9,14,16H,5,8,10H2,1-4H3. The average Bonchev–Trinajstić information content (AvgIpc) is 2.80. The maximum absolute atomic E-state index is 4.29. The molecule has 2 rings (SSSR count). The maximum atomic E-state index is 4.29. The molecule has 0 aliphatic heterocycles. The molecule has 0 amide bonds. The van der Waals surface area contributed by atoms with E-state index in [-0.39, 0.29) is 6.04 Å². The van der Waals surface area contributed by atoms with Crippen molar-refractivity contribution in [1.29, 1.82) is 0 Å². The molecule has 0 saturated heterocycles. The van der Waals surface area contributed by atoms with Crippen molar-refractivity contribution in [3.63, 3.8) is 0 Å². The van der Waals surface area contributed by atoms with Crippen molar-refractivity contribution in [2.24, 2.45) is 7.05 Å². The molecule has 0 radical (unpaired) electrons. The third kappa shape index (κ3) is 3.63. The topological polar surface area (TPSA) is 55.6 Å². The lowest BCUT2D eigenvalue weighted by Crippen LogP contribution is -2.25. The van der Waals surface area contributed by atoms with E-state index in [1.54, 1.807) is 7.05 Å². The van der Waals surface area contributed by atoms with Gasteiger partial charge in [-0.3, -0.25) is 0 Å². The van der Waals surface area contributed by atoms with Gasteiger partial charge in [0, 0.05) is 12.5 Å². The molecule has 1 atom stereocenters. The quantitative estimate of drug-likeness (QED) is 0.876. The van der Waals surface area contributed by atoms with E-state index >= 15 is 0 Å². The first-order valence-electron chi connectivity index (χ1n) is 7.13. The first-order valence-corrected chi connectivity index (χ1v) is 7.13. The van der Waals surface area contributed by atoms with E-state index in [0.29, 0.717) is 0 Å². The SMILES string of the molecule is CCCNC(Cc1nnn(C)n1)c1ccc(C)cc1C. The highest BCUT2D eigenvalue weighted by Gasteiger charge is 2.16. The second kappa shape index (κ2) is 6.61. The molecule has 20 heavy (non-hydrogen) atoms. The number of nitrogens with zero attached hydrogens (tertiary/aromatic N) is 4. The highest BCUT2D eigenvalue weighted by Crippen LogP contribution is 2.21. The lowest BCUT2D eigenvalue weighted by atomic mass is 9.96. The Balaban J connectivity index is 2.22. The Morgan fingerprint density at radius 1 is 1.30 bits per heavy atom. The number of aromatic nitrogens is 4. The van der Waals surface area contributed by atoms with E-state index in [0.717, 1.165) is 25.2 Å². The Kier molecular flexibility index (Phi) is 4.84. The highest BCUT2D eigenvalue weighted by molar-refractivity contribution is 5.33. The van der Waals surface area contributed by atoms with Crippen molar-refractivity contribution >= 4 is 0 Å². The fourth-order valence-corrected chi connectivity index (χ4v) is 2.41. The number of tetrazole rings is 1. The normalized spacial score (nSPS) is 12.6. The molecule has 0 aliphatic carbocycles. The van der Waals surface area contributed by atoms with Gasteiger partial charge in [-0.05, 0) is 43.2 Å². The summed E-state index contributed by atoms with van der Waals surface area (Å²) in [6, 6.07) is 6.82. The van der Waals surface area contributed by atoms with Crippen LogP contribution in [0.15, 0.2) is 18.2 Å². The lowest BCUT2D eigenvalue weighted by Gasteiger charge is -2.20. The first kappa shape index (κ1) is 14.7. The molecular formula is C15H23N5. The molecule has 0 spiro atoms. The molecule has 0 aliphatic rings. The summed E-state index contributed by atoms with van der Waals surface area (Å²) >= 11 is 0. The van der Waals surface area contributed by atoms with Crippen LogP contribution in [0.2, 0.25) is 0 Å². The summed E-state index contributed by atoms with van der Waals surface area (Å²) in [5.41, 5.74) is 3.91. The second-order valence-electron chi connectivity index (χ2n) is 5.27. The molecule has 5 nitrogen and oxygen atoms in total. The largest absolute Gasteiger partial charge is 0.310 e. The van der Waals surface area contributed by atoms with Crippen LogP contribution in [0, 0.1) is 13.8 Å². The Bertz CT molecular complexity index is 561. The lowest BCUT2D eigenvalue weighted by molar-refractivity contribution is 0.515. The molecule has 1 unspecified atom stereocenters. The van der Waals surface area contributed by atoms with Gasteiger partial charge in [-0.15, -0.1) is 10.2 Å². The fraction of sp³-hybridized carbons (Fsp3) is 0.533. The molecule has 1 N–H and O–H groups in total. The van der Waals surface area contributed by atoms with Crippen LogP contribution in [0.1, 0.15) is 41.9 Å². The molecule has 0 bridgehead atoms. The van der Waals surface area contributed by atoms with Crippen molar-refractivity contribution in [3.8, 4) is 0 Å². The van der Waals surface area contributed by atoms with Gasteiger partial charge in [0.1, 0.15) is 0 Å². The molecular weight excluding hydrogens is 250 g/mol. The van der Waals surface area contributed by atoms with Gasteiger partial charge < -0.3 is 5.32 Å². The third-order valence-corrected chi connectivity index (χ3v) is 3.38. The molecule has 1 aromatic carbocycles. The summed E-state index contributed by atoms with van der Waals surface area (Å²) < 4.78 is 0. The Morgan fingerprint density at radius 2 is 2.10 bits per heavy atom.